The van der Waals surface area contributed by atoms with E-state index in [1.807, 2.05) is 0 Å². The molecule has 1 saturated heterocycles. The highest BCUT2D eigenvalue weighted by Gasteiger charge is 2.45. The van der Waals surface area contributed by atoms with E-state index in [9.17, 15) is 30.3 Å². The molecule has 6 N–H and O–H groups in total. The number of hydrogen-bond donors (Lipinski definition) is 6. The number of imidazole rings is 1. The van der Waals surface area contributed by atoms with Gasteiger partial charge in [-0.25, -0.2) is 9.55 Å². The average molecular weight is 355 g/mol. The first-order chi connectivity index (χ1) is 11.8. The topological polar surface area (TPSA) is 175 Å². The number of ether oxygens (including phenoxy) is 1. The first-order valence-corrected chi connectivity index (χ1v) is 7.56. The quantitative estimate of drug-likeness (QED) is 0.322. The lowest BCUT2D eigenvalue weighted by atomic mass is 10.1. The van der Waals surface area contributed by atoms with Crippen LogP contribution < -0.4 is 10.9 Å². The number of aliphatic hydroxyl groups is 5. The van der Waals surface area contributed by atoms with Gasteiger partial charge in [0.1, 0.15) is 18.3 Å². The molecule has 136 valence electrons. The Hall–Kier alpha value is -2.09. The van der Waals surface area contributed by atoms with Crippen LogP contribution in [0.3, 0.4) is 0 Å². The Morgan fingerprint density at radius 2 is 2.08 bits per heavy atom. The van der Waals surface area contributed by atoms with Crippen LogP contribution in [0.1, 0.15) is 19.4 Å². The Kier molecular flexibility index (Phi) is 3.41. The number of rotatable bonds is 2. The van der Waals surface area contributed by atoms with Crippen LogP contribution in [0.25, 0.3) is 11.2 Å². The van der Waals surface area contributed by atoms with Crippen LogP contribution in [-0.2, 0) is 4.74 Å². The number of fused-ring (bicyclic) bond motifs is 2. The highest BCUT2D eigenvalue weighted by molar-refractivity contribution is 5.72. The van der Waals surface area contributed by atoms with Crippen molar-refractivity contribution in [3.05, 3.63) is 16.7 Å². The summed E-state index contributed by atoms with van der Waals surface area (Å²) in [5.74, 6) is -0.0801. The Morgan fingerprint density at radius 1 is 1.36 bits per heavy atom. The van der Waals surface area contributed by atoms with Gasteiger partial charge in [0.05, 0.1) is 12.9 Å². The molecule has 1 fully saturated rings. The van der Waals surface area contributed by atoms with E-state index < -0.39 is 48.7 Å². The molecule has 2 aliphatic rings. The fourth-order valence-corrected chi connectivity index (χ4v) is 3.13. The van der Waals surface area contributed by atoms with Crippen LogP contribution in [0, 0.1) is 0 Å². The monoisotopic (exact) mass is 355 g/mol. The molecular weight excluding hydrogens is 338 g/mol. The molecule has 0 aromatic carbocycles. The van der Waals surface area contributed by atoms with Gasteiger partial charge < -0.3 is 35.6 Å². The van der Waals surface area contributed by atoms with Crippen LogP contribution in [0.15, 0.2) is 11.1 Å². The first kappa shape index (κ1) is 16.4. The second-order valence-corrected chi connectivity index (χ2v) is 6.31. The van der Waals surface area contributed by atoms with Gasteiger partial charge in [0, 0.05) is 0 Å². The summed E-state index contributed by atoms with van der Waals surface area (Å²) in [7, 11) is 0. The zero-order chi connectivity index (χ0) is 18.1. The molecule has 2 aliphatic heterocycles. The molecule has 12 heteroatoms. The van der Waals surface area contributed by atoms with Crippen molar-refractivity contribution in [3.8, 4) is 0 Å². The van der Waals surface area contributed by atoms with Crippen LogP contribution >= 0.6 is 0 Å². The molecule has 6 atom stereocenters. The van der Waals surface area contributed by atoms with Crippen LogP contribution in [0.2, 0.25) is 0 Å². The summed E-state index contributed by atoms with van der Waals surface area (Å²) in [5.41, 5.74) is -2.56. The third-order valence-corrected chi connectivity index (χ3v) is 4.53. The molecule has 0 spiro atoms. The molecule has 0 radical (unpaired) electrons. The summed E-state index contributed by atoms with van der Waals surface area (Å²) >= 11 is 0. The van der Waals surface area contributed by atoms with Gasteiger partial charge in [0.15, 0.2) is 29.3 Å². The third kappa shape index (κ3) is 2.13. The van der Waals surface area contributed by atoms with Crippen molar-refractivity contribution in [2.75, 3.05) is 11.9 Å². The zero-order valence-corrected chi connectivity index (χ0v) is 13.0. The van der Waals surface area contributed by atoms with Crippen molar-refractivity contribution in [3.63, 3.8) is 0 Å². The third-order valence-electron chi connectivity index (χ3n) is 4.53. The van der Waals surface area contributed by atoms with Gasteiger partial charge in [0.2, 0.25) is 5.95 Å². The van der Waals surface area contributed by atoms with Crippen molar-refractivity contribution in [1.82, 2.24) is 19.1 Å². The number of nitrogens with one attached hydrogen (secondary N) is 1. The molecule has 2 aromatic heterocycles. The standard InChI is InChI=1S/C13H17N5O7/c1-13(24)11(23)18-9(22)5-8(15-12(18)16-13)17(3-14-5)10-7(21)6(20)4(2-19)25-10/h3-4,6-7,10-11,19-21,23-24H,2H2,1H3,(H,15,16)/t4-,6+,7+,10-,11+,13-/m0/s1. The number of hydrogen-bond acceptors (Lipinski definition) is 10. The summed E-state index contributed by atoms with van der Waals surface area (Å²) < 4.78 is 7.54. The molecule has 0 aliphatic carbocycles. The van der Waals surface area contributed by atoms with Crippen molar-refractivity contribution in [2.45, 2.75) is 43.4 Å². The number of aliphatic hydroxyl groups excluding tert-OH is 4. The first-order valence-electron chi connectivity index (χ1n) is 7.56. The van der Waals surface area contributed by atoms with E-state index in [0.29, 0.717) is 0 Å². The normalized spacial score (nSPS) is 37.4. The maximum atomic E-state index is 12.6. The smallest absolute Gasteiger partial charge is 0.285 e. The Balaban J connectivity index is 1.85. The van der Waals surface area contributed by atoms with E-state index in [-0.39, 0.29) is 17.1 Å². The van der Waals surface area contributed by atoms with Gasteiger partial charge >= 0.3 is 0 Å². The summed E-state index contributed by atoms with van der Waals surface area (Å²) in [6.45, 7) is 0.785. The van der Waals surface area contributed by atoms with E-state index in [2.05, 4.69) is 15.3 Å². The minimum atomic E-state index is -1.79. The summed E-state index contributed by atoms with van der Waals surface area (Å²) in [4.78, 5) is 20.7. The van der Waals surface area contributed by atoms with E-state index >= 15 is 0 Å². The number of anilines is 1. The molecule has 0 bridgehead atoms. The molecule has 4 rings (SSSR count). The molecule has 12 nitrogen and oxygen atoms in total. The minimum absolute atomic E-state index is 0.0310. The molecule has 0 saturated carbocycles. The number of nitrogens with zero attached hydrogens (tertiary/aromatic N) is 4. The van der Waals surface area contributed by atoms with Gasteiger partial charge in [-0.2, -0.15) is 4.98 Å². The van der Waals surface area contributed by atoms with E-state index in [1.165, 1.54) is 17.8 Å². The van der Waals surface area contributed by atoms with Crippen LogP contribution in [0.4, 0.5) is 5.95 Å². The highest BCUT2D eigenvalue weighted by atomic mass is 16.6. The summed E-state index contributed by atoms with van der Waals surface area (Å²) in [6, 6.07) is 0. The van der Waals surface area contributed by atoms with Crippen LogP contribution in [0.5, 0.6) is 0 Å². The summed E-state index contributed by atoms with van der Waals surface area (Å²) in [5, 5.41) is 51.9. The molecule has 4 heterocycles. The second kappa shape index (κ2) is 5.20. The Labute approximate surface area is 139 Å². The zero-order valence-electron chi connectivity index (χ0n) is 13.0. The van der Waals surface area contributed by atoms with Crippen molar-refractivity contribution >= 4 is 17.1 Å². The second-order valence-electron chi connectivity index (χ2n) is 6.31. The molecule has 25 heavy (non-hydrogen) atoms. The minimum Gasteiger partial charge on any atom is -0.394 e. The predicted octanol–water partition coefficient (Wildman–Crippen LogP) is -3.17. The van der Waals surface area contributed by atoms with Gasteiger partial charge in [-0.15, -0.1) is 0 Å². The maximum absolute atomic E-state index is 12.6. The van der Waals surface area contributed by atoms with Crippen molar-refractivity contribution in [1.29, 1.82) is 0 Å². The Bertz CT molecular complexity index is 893. The fraction of sp³-hybridized carbons (Fsp3) is 0.615. The van der Waals surface area contributed by atoms with Crippen LogP contribution in [-0.4, -0.2) is 75.3 Å². The molecule has 0 unspecified atom stereocenters. The highest BCUT2D eigenvalue weighted by Crippen LogP contribution is 2.33. The van der Waals surface area contributed by atoms with Crippen molar-refractivity contribution < 1.29 is 30.3 Å². The van der Waals surface area contributed by atoms with Crippen molar-refractivity contribution in [2.24, 2.45) is 0 Å². The number of aromatic nitrogens is 4. The lowest BCUT2D eigenvalue weighted by Gasteiger charge is -2.20. The predicted molar refractivity (Wildman–Crippen MR) is 80.3 cm³/mol. The van der Waals surface area contributed by atoms with Gasteiger partial charge in [0.25, 0.3) is 5.56 Å². The summed E-state index contributed by atoms with van der Waals surface area (Å²) in [6.07, 6.45) is -5.13. The lowest BCUT2D eigenvalue weighted by molar-refractivity contribution is -0.0676. The van der Waals surface area contributed by atoms with E-state index in [0.717, 1.165) is 4.57 Å². The van der Waals surface area contributed by atoms with Gasteiger partial charge in [-0.3, -0.25) is 9.36 Å². The molecule has 0 amide bonds. The van der Waals surface area contributed by atoms with Gasteiger partial charge in [-0.1, -0.05) is 0 Å². The lowest BCUT2D eigenvalue weighted by Crippen LogP contribution is -2.38. The largest absolute Gasteiger partial charge is 0.394 e. The Morgan fingerprint density at radius 3 is 2.72 bits per heavy atom. The maximum Gasteiger partial charge on any atom is 0.285 e. The van der Waals surface area contributed by atoms with E-state index in [1.54, 1.807) is 0 Å². The molecular formula is C13H17N5O7. The fourth-order valence-electron chi connectivity index (χ4n) is 3.13. The van der Waals surface area contributed by atoms with E-state index in [4.69, 9.17) is 4.74 Å². The molecule has 2 aromatic rings. The SMILES string of the molecule is C[C@@]1(O)Nc2nc3c(ncn3[C@H]3O[C@@H](CO)[C@@H](O)[C@H]3O)c(=O)n2[C@@H]1O. The van der Waals surface area contributed by atoms with Gasteiger partial charge in [-0.05, 0) is 6.92 Å². The average Bonchev–Trinajstić information content (AvgIpc) is 3.16.